The average molecular weight is 462 g/mol. The van der Waals surface area contributed by atoms with Crippen LogP contribution < -0.4 is 0 Å². The van der Waals surface area contributed by atoms with Gasteiger partial charge in [-0.3, -0.25) is 9.35 Å². The summed E-state index contributed by atoms with van der Waals surface area (Å²) in [5, 5.41) is -5.83. The lowest BCUT2D eigenvalue weighted by molar-refractivity contribution is -0.345. The van der Waals surface area contributed by atoms with Crippen LogP contribution >= 0.6 is 0 Å². The molecule has 0 aliphatic heterocycles. The zero-order valence-corrected chi connectivity index (χ0v) is 15.8. The van der Waals surface area contributed by atoms with Crippen LogP contribution in [0.1, 0.15) is 33.1 Å². The van der Waals surface area contributed by atoms with E-state index in [-0.39, 0.29) is 0 Å². The van der Waals surface area contributed by atoms with Gasteiger partial charge in [0.2, 0.25) is 5.78 Å². The number of ketones is 1. The number of alkyl halides is 7. The van der Waals surface area contributed by atoms with Crippen LogP contribution in [0.4, 0.5) is 30.7 Å². The topological polar surface area (TPSA) is 107 Å². The number of ether oxygens (including phenoxy) is 2. The highest BCUT2D eigenvalue weighted by atomic mass is 32.2. The summed E-state index contributed by atoms with van der Waals surface area (Å²) in [5.74, 6) is -12.8. The molecule has 1 N–H and O–H groups in total. The van der Waals surface area contributed by atoms with Crippen molar-refractivity contribution in [2.75, 3.05) is 6.61 Å². The van der Waals surface area contributed by atoms with E-state index in [2.05, 4.69) is 16.1 Å². The number of rotatable bonds is 11. The summed E-state index contributed by atoms with van der Waals surface area (Å²) in [6.45, 7) is 3.22. The van der Waals surface area contributed by atoms with Crippen molar-refractivity contribution in [1.29, 1.82) is 0 Å². The molecule has 1 atom stereocenters. The maximum atomic E-state index is 13.3. The van der Waals surface area contributed by atoms with Crippen LogP contribution in [-0.4, -0.2) is 54.5 Å². The second-order valence-electron chi connectivity index (χ2n) is 5.84. The molecule has 0 rings (SSSR count). The summed E-state index contributed by atoms with van der Waals surface area (Å²) in [4.78, 5) is 22.9. The molecule has 0 aromatic carbocycles. The number of carbonyl (C=O) groups excluding carboxylic acids is 2. The summed E-state index contributed by atoms with van der Waals surface area (Å²) < 4.78 is 130. The van der Waals surface area contributed by atoms with Crippen LogP contribution in [0.5, 0.6) is 0 Å². The first-order valence-electron chi connectivity index (χ1n) is 7.56. The van der Waals surface area contributed by atoms with E-state index in [0.717, 1.165) is 6.92 Å². The smallest absolute Gasteiger partial charge is 0.413 e. The Hall–Kier alpha value is -1.74. The van der Waals surface area contributed by atoms with Crippen molar-refractivity contribution in [3.8, 4) is 0 Å². The number of halogens is 7. The molecule has 1 unspecified atom stereocenters. The molecule has 0 aliphatic carbocycles. The van der Waals surface area contributed by atoms with Crippen LogP contribution in [0, 0.1) is 0 Å². The van der Waals surface area contributed by atoms with Gasteiger partial charge < -0.3 is 9.47 Å². The van der Waals surface area contributed by atoms with Crippen molar-refractivity contribution in [2.24, 2.45) is 0 Å². The molecule has 0 bridgehead atoms. The fourth-order valence-corrected chi connectivity index (χ4v) is 2.24. The molecule has 0 heterocycles. The van der Waals surface area contributed by atoms with Crippen molar-refractivity contribution in [2.45, 2.75) is 56.3 Å². The van der Waals surface area contributed by atoms with E-state index >= 15 is 0 Å². The fourth-order valence-electron chi connectivity index (χ4n) is 1.76. The van der Waals surface area contributed by atoms with E-state index < -0.39 is 76.5 Å². The van der Waals surface area contributed by atoms with Crippen LogP contribution in [-0.2, 0) is 29.2 Å². The number of esters is 1. The van der Waals surface area contributed by atoms with Crippen LogP contribution in [0.2, 0.25) is 0 Å². The Kier molecular flexibility index (Phi) is 8.42. The second-order valence-corrected chi connectivity index (χ2v) is 7.31. The molecule has 0 spiro atoms. The summed E-state index contributed by atoms with van der Waals surface area (Å²) in [5.41, 5.74) is -0.518. The van der Waals surface area contributed by atoms with E-state index in [4.69, 9.17) is 4.55 Å². The molecule has 0 aromatic rings. The van der Waals surface area contributed by atoms with Gasteiger partial charge in [-0.05, 0) is 19.8 Å². The highest BCUT2D eigenvalue weighted by Crippen LogP contribution is 2.42. The minimum Gasteiger partial charge on any atom is -0.413 e. The van der Waals surface area contributed by atoms with Crippen molar-refractivity contribution < 1.29 is 62.8 Å². The van der Waals surface area contributed by atoms with Gasteiger partial charge in [-0.1, -0.05) is 6.58 Å². The van der Waals surface area contributed by atoms with Gasteiger partial charge in [0, 0.05) is 18.9 Å². The summed E-state index contributed by atoms with van der Waals surface area (Å²) >= 11 is 0. The van der Waals surface area contributed by atoms with Gasteiger partial charge in [-0.2, -0.15) is 39.2 Å². The minimum atomic E-state index is -6.45. The number of hydrogen-bond donors (Lipinski definition) is 1. The van der Waals surface area contributed by atoms with Crippen LogP contribution in [0.25, 0.3) is 0 Å². The van der Waals surface area contributed by atoms with Crippen molar-refractivity contribution >= 4 is 21.9 Å². The monoisotopic (exact) mass is 462 g/mol. The summed E-state index contributed by atoms with van der Waals surface area (Å²) in [7, 11) is -6.45. The molecule has 0 saturated heterocycles. The first kappa shape index (κ1) is 27.3. The molecule has 15 heteroatoms. The van der Waals surface area contributed by atoms with Gasteiger partial charge >= 0.3 is 39.2 Å². The Labute approximate surface area is 160 Å². The number of hydrogen-bond acceptors (Lipinski definition) is 6. The predicted octanol–water partition coefficient (Wildman–Crippen LogP) is 3.26. The molecule has 170 valence electrons. The molecule has 29 heavy (non-hydrogen) atoms. The lowest BCUT2D eigenvalue weighted by Gasteiger charge is -2.32. The quantitative estimate of drug-likeness (QED) is 0.125. The third kappa shape index (κ3) is 6.12. The SMILES string of the molecule is C=C(C)C(=O)OC(OCCCCC(F)(F)C(F)(F)S(=O)(=O)O)(C(C)=O)C(F)(F)F. The predicted molar refractivity (Wildman–Crippen MR) is 81.6 cm³/mol. The average Bonchev–Trinajstić information content (AvgIpc) is 2.50. The van der Waals surface area contributed by atoms with E-state index in [0.29, 0.717) is 6.92 Å². The Morgan fingerprint density at radius 3 is 1.83 bits per heavy atom. The molecule has 0 radical (unpaired) electrons. The van der Waals surface area contributed by atoms with Gasteiger partial charge in [-0.15, -0.1) is 0 Å². The first-order chi connectivity index (χ1) is 12.7. The zero-order valence-electron chi connectivity index (χ0n) is 15.0. The van der Waals surface area contributed by atoms with E-state index in [1.165, 1.54) is 0 Å². The number of unbranched alkanes of at least 4 members (excludes halogenated alkanes) is 1. The number of Topliss-reactive ketones (excluding diaryl/α,β-unsaturated/α-hetero) is 1. The van der Waals surface area contributed by atoms with Gasteiger partial charge in [-0.25, -0.2) is 4.79 Å². The summed E-state index contributed by atoms with van der Waals surface area (Å²) in [6.07, 6.45) is -9.23. The zero-order chi connectivity index (χ0) is 23.5. The minimum absolute atomic E-state index is 0.375. The van der Waals surface area contributed by atoms with Crippen molar-refractivity contribution in [3.63, 3.8) is 0 Å². The maximum absolute atomic E-state index is 13.3. The molecule has 0 saturated carbocycles. The maximum Gasteiger partial charge on any atom is 0.463 e. The Bertz CT molecular complexity index is 746. The Morgan fingerprint density at radius 1 is 1.00 bits per heavy atom. The molecular formula is C14H17F7O7S. The molecule has 0 aliphatic rings. The molecule has 0 amide bonds. The second kappa shape index (κ2) is 8.95. The standard InChI is InChI=1S/C14H17F7O7S/c1-8(2)10(23)28-12(9(3)22,13(17,18)19)27-7-5-4-6-11(15,16)14(20,21)29(24,25)26/h1,4-7H2,2-3H3,(H,24,25,26). The van der Waals surface area contributed by atoms with E-state index in [1.807, 2.05) is 0 Å². The van der Waals surface area contributed by atoms with Crippen LogP contribution in [0.3, 0.4) is 0 Å². The number of carbonyl (C=O) groups is 2. The molecule has 0 fully saturated rings. The highest BCUT2D eigenvalue weighted by molar-refractivity contribution is 7.87. The van der Waals surface area contributed by atoms with E-state index in [9.17, 15) is 48.7 Å². The third-order valence-corrected chi connectivity index (χ3v) is 4.31. The molecular weight excluding hydrogens is 445 g/mol. The molecule has 0 aromatic heterocycles. The van der Waals surface area contributed by atoms with Crippen LogP contribution in [0.15, 0.2) is 12.2 Å². The Balaban J connectivity index is 5.22. The highest BCUT2D eigenvalue weighted by Gasteiger charge is 2.65. The molecule has 7 nitrogen and oxygen atoms in total. The lowest BCUT2D eigenvalue weighted by atomic mass is 10.1. The fraction of sp³-hybridized carbons (Fsp3) is 0.714. The van der Waals surface area contributed by atoms with Gasteiger partial charge in [0.05, 0.1) is 6.61 Å². The largest absolute Gasteiger partial charge is 0.463 e. The lowest BCUT2D eigenvalue weighted by Crippen LogP contribution is -2.56. The summed E-state index contributed by atoms with van der Waals surface area (Å²) in [6, 6.07) is 0. The first-order valence-corrected chi connectivity index (χ1v) is 9.00. The van der Waals surface area contributed by atoms with Crippen molar-refractivity contribution in [1.82, 2.24) is 0 Å². The van der Waals surface area contributed by atoms with Gasteiger partial charge in [0.1, 0.15) is 0 Å². The van der Waals surface area contributed by atoms with Gasteiger partial charge in [0.15, 0.2) is 0 Å². The van der Waals surface area contributed by atoms with Crippen molar-refractivity contribution in [3.05, 3.63) is 12.2 Å². The van der Waals surface area contributed by atoms with E-state index in [1.54, 1.807) is 0 Å². The van der Waals surface area contributed by atoms with Gasteiger partial charge in [0.25, 0.3) is 0 Å². The Morgan fingerprint density at radius 2 is 1.48 bits per heavy atom. The normalized spacial score (nSPS) is 15.5. The third-order valence-electron chi connectivity index (χ3n) is 3.36.